The Morgan fingerprint density at radius 1 is 0.567 bits per heavy atom. The lowest BCUT2D eigenvalue weighted by atomic mass is 10.0. The number of rotatable bonds is 2. The number of aromatic nitrogens is 2. The first kappa shape index (κ1) is 21.4. The van der Waals surface area contributed by atoms with E-state index in [1.165, 1.54) is 38.9 Å². The number of hydrogen-bond donors (Lipinski definition) is 0. The van der Waals surface area contributed by atoms with Crippen LogP contribution < -0.4 is 0 Å². The molecule has 0 fully saturated rings. The van der Waals surface area contributed by atoms with Crippen molar-refractivity contribution < 1.29 is 0 Å². The highest BCUT2D eigenvalue weighted by molar-refractivity contribution is 5.64. The molecule has 4 rings (SSSR count). The lowest BCUT2D eigenvalue weighted by Gasteiger charge is -2.09. The third-order valence-corrected chi connectivity index (χ3v) is 5.21. The van der Waals surface area contributed by atoms with Crippen LogP contribution in [-0.4, -0.2) is 9.97 Å². The van der Waals surface area contributed by atoms with Crippen LogP contribution in [0.25, 0.3) is 22.5 Å². The maximum Gasteiger partial charge on any atom is 0.0736 e. The fourth-order valence-electron chi connectivity index (χ4n) is 3.59. The highest BCUT2D eigenvalue weighted by Gasteiger charge is 2.06. The van der Waals surface area contributed by atoms with Gasteiger partial charge in [0.2, 0.25) is 0 Å². The number of aryl methyl sites for hydroxylation is 5. The van der Waals surface area contributed by atoms with E-state index in [-0.39, 0.29) is 0 Å². The quantitative estimate of drug-likeness (QED) is 0.355. The van der Waals surface area contributed by atoms with Crippen LogP contribution >= 0.6 is 0 Å². The van der Waals surface area contributed by atoms with Crippen molar-refractivity contribution in [3.8, 4) is 22.5 Å². The summed E-state index contributed by atoms with van der Waals surface area (Å²) < 4.78 is 0. The summed E-state index contributed by atoms with van der Waals surface area (Å²) in [6.45, 7) is 12.6. The Morgan fingerprint density at radius 2 is 1.27 bits per heavy atom. The van der Waals surface area contributed by atoms with Crippen molar-refractivity contribution in [1.82, 2.24) is 9.97 Å². The highest BCUT2D eigenvalue weighted by Crippen LogP contribution is 2.24. The molecule has 2 heteroatoms. The molecule has 0 saturated carbocycles. The van der Waals surface area contributed by atoms with Crippen LogP contribution in [0.3, 0.4) is 0 Å². The number of nitrogens with zero attached hydrogens (tertiary/aromatic N) is 2. The average molecular weight is 395 g/mol. The van der Waals surface area contributed by atoms with Crippen molar-refractivity contribution in [1.29, 1.82) is 0 Å². The molecule has 0 aliphatic rings. The van der Waals surface area contributed by atoms with Gasteiger partial charge in [-0.2, -0.15) is 0 Å². The maximum atomic E-state index is 4.60. The first-order valence-corrected chi connectivity index (χ1v) is 10.4. The molecular weight excluding hydrogens is 364 g/mol. The van der Waals surface area contributed by atoms with E-state index in [1.54, 1.807) is 0 Å². The summed E-state index contributed by atoms with van der Waals surface area (Å²) in [5, 5.41) is 0. The smallest absolute Gasteiger partial charge is 0.0736 e. The summed E-state index contributed by atoms with van der Waals surface area (Å²) in [7, 11) is 0. The van der Waals surface area contributed by atoms with Crippen molar-refractivity contribution in [3.05, 3.63) is 106 Å². The molecule has 2 aromatic carbocycles. The molecule has 0 saturated heterocycles. The van der Waals surface area contributed by atoms with E-state index >= 15 is 0 Å². The van der Waals surface area contributed by atoms with Crippen LogP contribution in [0.1, 0.15) is 33.5 Å². The summed E-state index contributed by atoms with van der Waals surface area (Å²) in [5.41, 5.74) is 12.0. The van der Waals surface area contributed by atoms with Gasteiger partial charge in [0.1, 0.15) is 0 Å². The van der Waals surface area contributed by atoms with E-state index in [4.69, 9.17) is 0 Å². The Bertz CT molecular complexity index is 1140. The van der Waals surface area contributed by atoms with Gasteiger partial charge in [0.15, 0.2) is 0 Å². The minimum absolute atomic E-state index is 1.08. The number of pyridine rings is 2. The normalized spacial score (nSPS) is 10.3. The van der Waals surface area contributed by atoms with Crippen LogP contribution in [0, 0.1) is 41.5 Å². The fourth-order valence-corrected chi connectivity index (χ4v) is 3.59. The van der Waals surface area contributed by atoms with Crippen LogP contribution in [0.5, 0.6) is 0 Å². The van der Waals surface area contributed by atoms with Gasteiger partial charge in [0.05, 0.1) is 11.4 Å². The van der Waals surface area contributed by atoms with Gasteiger partial charge in [0, 0.05) is 23.0 Å². The standard InChI is InChI=1S/2C14H15N/c1-10-5-4-6-13(8-10)14-12(3)7-11(2)9-15-14;1-10-9-11(2)15-14(12(10)3)13-7-5-4-6-8-13/h2*4-9H,1-3H3. The van der Waals surface area contributed by atoms with E-state index in [1.807, 2.05) is 31.3 Å². The Labute approximate surface area is 180 Å². The lowest BCUT2D eigenvalue weighted by molar-refractivity contribution is 1.14. The van der Waals surface area contributed by atoms with Gasteiger partial charge in [0.25, 0.3) is 0 Å². The predicted molar refractivity (Wildman–Crippen MR) is 128 cm³/mol. The summed E-state index contributed by atoms with van der Waals surface area (Å²) in [6, 6.07) is 23.1. The molecule has 0 unspecified atom stereocenters. The molecule has 2 heterocycles. The van der Waals surface area contributed by atoms with Crippen molar-refractivity contribution in [3.63, 3.8) is 0 Å². The molecule has 0 amide bonds. The van der Waals surface area contributed by atoms with Gasteiger partial charge >= 0.3 is 0 Å². The molecule has 0 spiro atoms. The Kier molecular flexibility index (Phi) is 6.79. The Morgan fingerprint density at radius 3 is 1.93 bits per heavy atom. The molecule has 2 aromatic heterocycles. The molecular formula is C28H30N2. The third kappa shape index (κ3) is 5.21. The molecule has 30 heavy (non-hydrogen) atoms. The summed E-state index contributed by atoms with van der Waals surface area (Å²) in [5.74, 6) is 0. The van der Waals surface area contributed by atoms with Crippen molar-refractivity contribution >= 4 is 0 Å². The largest absolute Gasteiger partial charge is 0.256 e. The molecule has 4 aromatic rings. The van der Waals surface area contributed by atoms with Crippen LogP contribution in [0.15, 0.2) is 72.9 Å². The molecule has 0 aliphatic carbocycles. The summed E-state index contributed by atoms with van der Waals surface area (Å²) in [4.78, 5) is 9.09. The topological polar surface area (TPSA) is 25.8 Å². The van der Waals surface area contributed by atoms with E-state index in [9.17, 15) is 0 Å². The summed E-state index contributed by atoms with van der Waals surface area (Å²) in [6.07, 6.45) is 1.92. The Hall–Kier alpha value is -3.26. The van der Waals surface area contributed by atoms with Crippen LogP contribution in [0.2, 0.25) is 0 Å². The lowest BCUT2D eigenvalue weighted by Crippen LogP contribution is -1.94. The SMILES string of the molecule is Cc1cc(C)c(C)c(-c2ccccc2)n1.Cc1cccc(-c2ncc(C)cc2C)c1. The first-order valence-electron chi connectivity index (χ1n) is 10.4. The van der Waals surface area contributed by atoms with E-state index < -0.39 is 0 Å². The summed E-state index contributed by atoms with van der Waals surface area (Å²) >= 11 is 0. The average Bonchev–Trinajstić information content (AvgIpc) is 2.72. The second-order valence-electron chi connectivity index (χ2n) is 7.97. The highest BCUT2D eigenvalue weighted by atomic mass is 14.7. The molecule has 0 bridgehead atoms. The van der Waals surface area contributed by atoms with E-state index in [0.717, 1.165) is 17.1 Å². The molecule has 152 valence electrons. The Balaban J connectivity index is 0.000000171. The third-order valence-electron chi connectivity index (χ3n) is 5.21. The number of benzene rings is 2. The zero-order valence-corrected chi connectivity index (χ0v) is 18.8. The minimum atomic E-state index is 1.08. The van der Waals surface area contributed by atoms with Crippen LogP contribution in [0.4, 0.5) is 0 Å². The van der Waals surface area contributed by atoms with Gasteiger partial charge in [-0.25, -0.2) is 0 Å². The fraction of sp³-hybridized carbons (Fsp3) is 0.214. The predicted octanol–water partition coefficient (Wildman–Crippen LogP) is 7.35. The van der Waals surface area contributed by atoms with Crippen molar-refractivity contribution in [2.75, 3.05) is 0 Å². The molecule has 0 N–H and O–H groups in total. The van der Waals surface area contributed by atoms with E-state index in [2.05, 4.69) is 93.1 Å². The zero-order valence-electron chi connectivity index (χ0n) is 18.8. The monoisotopic (exact) mass is 394 g/mol. The van der Waals surface area contributed by atoms with Crippen molar-refractivity contribution in [2.24, 2.45) is 0 Å². The maximum absolute atomic E-state index is 4.60. The van der Waals surface area contributed by atoms with Gasteiger partial charge in [-0.15, -0.1) is 0 Å². The molecule has 0 aliphatic heterocycles. The van der Waals surface area contributed by atoms with Gasteiger partial charge in [-0.05, 0) is 75.9 Å². The van der Waals surface area contributed by atoms with Crippen molar-refractivity contribution in [2.45, 2.75) is 41.5 Å². The van der Waals surface area contributed by atoms with E-state index in [0.29, 0.717) is 0 Å². The second-order valence-corrected chi connectivity index (χ2v) is 7.97. The molecule has 0 atom stereocenters. The minimum Gasteiger partial charge on any atom is -0.256 e. The van der Waals surface area contributed by atoms with Gasteiger partial charge < -0.3 is 0 Å². The second kappa shape index (κ2) is 9.49. The number of hydrogen-bond acceptors (Lipinski definition) is 2. The van der Waals surface area contributed by atoms with Gasteiger partial charge in [-0.1, -0.05) is 60.2 Å². The first-order chi connectivity index (χ1) is 14.3. The molecule has 0 radical (unpaired) electrons. The zero-order chi connectivity index (χ0) is 21.7. The molecule has 2 nitrogen and oxygen atoms in total. The van der Waals surface area contributed by atoms with Gasteiger partial charge in [-0.3, -0.25) is 9.97 Å². The van der Waals surface area contributed by atoms with Crippen LogP contribution in [-0.2, 0) is 0 Å².